The molecule has 2 atom stereocenters. The van der Waals surface area contributed by atoms with Gasteiger partial charge < -0.3 is 5.32 Å². The fraction of sp³-hybridized carbons (Fsp3) is 0.300. The molecule has 1 aromatic rings. The van der Waals surface area contributed by atoms with Gasteiger partial charge in [0.15, 0.2) is 0 Å². The van der Waals surface area contributed by atoms with Crippen LogP contribution in [0.5, 0.6) is 0 Å². The molecule has 0 spiro atoms. The molecule has 0 saturated carbocycles. The number of ketones is 1. The molecule has 1 N–H and O–H groups in total. The smallest absolute Gasteiger partial charge is 0.211 e. The summed E-state index contributed by atoms with van der Waals surface area (Å²) in [6.07, 6.45) is 5.15. The molecule has 0 radical (unpaired) electrons. The number of amides is 1. The van der Waals surface area contributed by atoms with Crippen molar-refractivity contribution in [1.29, 1.82) is 0 Å². The van der Waals surface area contributed by atoms with Crippen LogP contribution < -0.4 is 5.32 Å². The van der Waals surface area contributed by atoms with Crippen molar-refractivity contribution >= 4 is 40.4 Å². The van der Waals surface area contributed by atoms with Gasteiger partial charge in [-0.2, -0.15) is 0 Å². The van der Waals surface area contributed by atoms with Crippen molar-refractivity contribution in [2.45, 2.75) is 4.58 Å². The number of thioether (sulfide) groups is 1. The first-order valence-corrected chi connectivity index (χ1v) is 7.56. The maximum atomic E-state index is 12.0. The van der Waals surface area contributed by atoms with Crippen LogP contribution in [-0.2, 0) is 15.6 Å². The van der Waals surface area contributed by atoms with Crippen molar-refractivity contribution < 1.29 is 13.8 Å². The number of anilines is 1. The van der Waals surface area contributed by atoms with Crippen molar-refractivity contribution in [3.8, 4) is 0 Å². The van der Waals surface area contributed by atoms with E-state index in [1.54, 1.807) is 12.3 Å². The minimum absolute atomic E-state index is 0.200. The van der Waals surface area contributed by atoms with Crippen LogP contribution in [-0.4, -0.2) is 38.5 Å². The zero-order valence-electron chi connectivity index (χ0n) is 9.38. The van der Waals surface area contributed by atoms with Crippen molar-refractivity contribution in [2.24, 2.45) is 0 Å². The number of hydrogen-bond donors (Lipinski definition) is 1. The Morgan fingerprint density at radius 2 is 2.35 bits per heavy atom. The Hall–Kier alpha value is -1.21. The molecule has 0 saturated heterocycles. The minimum Gasteiger partial charge on any atom is -0.329 e. The van der Waals surface area contributed by atoms with Crippen LogP contribution in [0, 0.1) is 0 Å². The summed E-state index contributed by atoms with van der Waals surface area (Å²) in [7, 11) is -1.26. The van der Waals surface area contributed by atoms with E-state index in [4.69, 9.17) is 0 Å². The van der Waals surface area contributed by atoms with E-state index in [2.05, 4.69) is 10.3 Å². The van der Waals surface area contributed by atoms with E-state index in [-0.39, 0.29) is 11.5 Å². The lowest BCUT2D eigenvalue weighted by Gasteiger charge is -2.10. The van der Waals surface area contributed by atoms with Crippen LogP contribution in [0.1, 0.15) is 10.5 Å². The molecule has 0 fully saturated rings. The summed E-state index contributed by atoms with van der Waals surface area (Å²) in [5.41, 5.74) is 0.687. The number of carbonyl (C=O) groups excluding carboxylic acids is 2. The minimum atomic E-state index is -1.26. The fourth-order valence-electron chi connectivity index (χ4n) is 1.24. The van der Waals surface area contributed by atoms with Crippen molar-refractivity contribution in [3.05, 3.63) is 24.0 Å². The highest BCUT2D eigenvalue weighted by Crippen LogP contribution is 2.17. The Morgan fingerprint density at radius 3 is 2.88 bits per heavy atom. The van der Waals surface area contributed by atoms with E-state index in [0.29, 0.717) is 12.1 Å². The summed E-state index contributed by atoms with van der Waals surface area (Å²) < 4.78 is 10.7. The maximum absolute atomic E-state index is 12.0. The summed E-state index contributed by atoms with van der Waals surface area (Å²) in [6, 6.07) is 3.04. The second-order valence-electron chi connectivity index (χ2n) is 3.12. The van der Waals surface area contributed by atoms with Gasteiger partial charge in [-0.15, -0.1) is 11.8 Å². The highest BCUT2D eigenvalue weighted by Gasteiger charge is 2.23. The molecular weight excluding hydrogens is 260 g/mol. The molecule has 1 heterocycles. The van der Waals surface area contributed by atoms with Gasteiger partial charge in [-0.1, -0.05) is 0 Å². The molecule has 17 heavy (non-hydrogen) atoms. The first-order valence-electron chi connectivity index (χ1n) is 4.65. The maximum Gasteiger partial charge on any atom is 0.211 e. The van der Waals surface area contributed by atoms with E-state index < -0.39 is 15.4 Å². The summed E-state index contributed by atoms with van der Waals surface area (Å²) >= 11 is 1.22. The average Bonchev–Trinajstić information content (AvgIpc) is 2.30. The fourth-order valence-corrected chi connectivity index (χ4v) is 3.08. The topological polar surface area (TPSA) is 76.1 Å². The quantitative estimate of drug-likeness (QED) is 0.615. The van der Waals surface area contributed by atoms with Gasteiger partial charge in [0, 0.05) is 28.9 Å². The third-order valence-electron chi connectivity index (χ3n) is 1.97. The monoisotopic (exact) mass is 272 g/mol. The summed E-state index contributed by atoms with van der Waals surface area (Å²) in [6.45, 7) is 0. The number of pyridine rings is 1. The van der Waals surface area contributed by atoms with Gasteiger partial charge in [0.2, 0.25) is 12.2 Å². The predicted octanol–water partition coefficient (Wildman–Crippen LogP) is 0.900. The van der Waals surface area contributed by atoms with E-state index >= 15 is 0 Å². The Bertz CT molecular complexity index is 451. The van der Waals surface area contributed by atoms with Gasteiger partial charge in [0.25, 0.3) is 0 Å². The van der Waals surface area contributed by atoms with Crippen molar-refractivity contribution in [3.63, 3.8) is 0 Å². The summed E-state index contributed by atoms with van der Waals surface area (Å²) in [5, 5.41) is 2.43. The van der Waals surface area contributed by atoms with E-state index in [1.165, 1.54) is 30.3 Å². The van der Waals surface area contributed by atoms with Crippen LogP contribution in [0.3, 0.4) is 0 Å². The second-order valence-corrected chi connectivity index (χ2v) is 5.83. The van der Waals surface area contributed by atoms with Gasteiger partial charge in [0.1, 0.15) is 10.3 Å². The van der Waals surface area contributed by atoms with Crippen molar-refractivity contribution in [2.75, 3.05) is 17.8 Å². The molecule has 92 valence electrons. The van der Waals surface area contributed by atoms with Gasteiger partial charge in [-0.25, -0.2) is 0 Å². The Labute approximate surface area is 106 Å². The van der Waals surface area contributed by atoms with Gasteiger partial charge in [0.05, 0.1) is 0 Å². The van der Waals surface area contributed by atoms with E-state index in [0.717, 1.165) is 0 Å². The molecule has 7 heteroatoms. The zero-order valence-corrected chi connectivity index (χ0v) is 11.0. The highest BCUT2D eigenvalue weighted by atomic mass is 32.2. The standard InChI is InChI=1S/C10H12N2O3S2/c1-16-10(17(2)15)9(14)8-5-7(12-6-13)3-4-11-8/h3-6,10H,1-2H3,(H,11,12,13). The number of Topliss-reactive ketones (excluding diaryl/α,β-unsaturated/α-hetero) is 1. The Kier molecular flexibility index (Phi) is 5.30. The third kappa shape index (κ3) is 3.64. The van der Waals surface area contributed by atoms with Crippen LogP contribution in [0.15, 0.2) is 18.3 Å². The van der Waals surface area contributed by atoms with Crippen LogP contribution in [0.4, 0.5) is 5.69 Å². The number of hydrogen-bond acceptors (Lipinski definition) is 5. The number of nitrogens with one attached hydrogen (secondary N) is 1. The normalized spacial score (nSPS) is 13.8. The zero-order chi connectivity index (χ0) is 12.8. The third-order valence-corrected chi connectivity index (χ3v) is 4.82. The summed E-state index contributed by atoms with van der Waals surface area (Å²) in [5.74, 6) is -0.298. The molecule has 0 aliphatic carbocycles. The van der Waals surface area contributed by atoms with E-state index in [1.807, 2.05) is 0 Å². The van der Waals surface area contributed by atoms with Gasteiger partial charge in [-0.05, 0) is 18.4 Å². The molecule has 2 unspecified atom stereocenters. The van der Waals surface area contributed by atoms with Gasteiger partial charge in [-0.3, -0.25) is 18.8 Å². The molecule has 1 aromatic heterocycles. The molecule has 1 rings (SSSR count). The lowest BCUT2D eigenvalue weighted by Crippen LogP contribution is -2.22. The first-order chi connectivity index (χ1) is 8.10. The molecule has 0 aliphatic heterocycles. The SMILES string of the molecule is CSC(C(=O)c1cc(NC=O)ccn1)S(C)=O. The molecular formula is C10H12N2O3S2. The molecule has 0 aliphatic rings. The van der Waals surface area contributed by atoms with Crippen LogP contribution >= 0.6 is 11.8 Å². The van der Waals surface area contributed by atoms with Crippen molar-refractivity contribution in [1.82, 2.24) is 4.98 Å². The summed E-state index contributed by atoms with van der Waals surface area (Å²) in [4.78, 5) is 26.2. The van der Waals surface area contributed by atoms with Crippen LogP contribution in [0.25, 0.3) is 0 Å². The second kappa shape index (κ2) is 6.51. The number of rotatable bonds is 6. The van der Waals surface area contributed by atoms with Gasteiger partial charge >= 0.3 is 0 Å². The molecule has 0 bridgehead atoms. The molecule has 5 nitrogen and oxygen atoms in total. The average molecular weight is 272 g/mol. The Balaban J connectivity index is 2.98. The number of carbonyl (C=O) groups is 2. The molecule has 0 aromatic carbocycles. The highest BCUT2D eigenvalue weighted by molar-refractivity contribution is 8.11. The molecule has 1 amide bonds. The number of aromatic nitrogens is 1. The number of nitrogens with zero attached hydrogens (tertiary/aromatic N) is 1. The van der Waals surface area contributed by atoms with E-state index in [9.17, 15) is 13.8 Å². The lowest BCUT2D eigenvalue weighted by molar-refractivity contribution is -0.105. The predicted molar refractivity (Wildman–Crippen MR) is 69.6 cm³/mol. The van der Waals surface area contributed by atoms with Crippen LogP contribution in [0.2, 0.25) is 0 Å². The first kappa shape index (κ1) is 13.9. The largest absolute Gasteiger partial charge is 0.329 e. The lowest BCUT2D eigenvalue weighted by atomic mass is 10.2. The Morgan fingerprint density at radius 1 is 1.65 bits per heavy atom.